The summed E-state index contributed by atoms with van der Waals surface area (Å²) in [5.74, 6) is 0. The van der Waals surface area contributed by atoms with Crippen molar-refractivity contribution >= 4 is 0 Å². The van der Waals surface area contributed by atoms with Gasteiger partial charge in [-0.25, -0.2) is 0 Å². The number of nitrogens with one attached hydrogen (secondary N) is 1. The summed E-state index contributed by atoms with van der Waals surface area (Å²) in [6.07, 6.45) is 3.12. The molecule has 0 amide bonds. The Balaban J connectivity index is 2.44. The average Bonchev–Trinajstić information content (AvgIpc) is 2.49. The van der Waals surface area contributed by atoms with Crippen LogP contribution in [0.3, 0.4) is 0 Å². The molecule has 0 unspecified atom stereocenters. The molecular weight excluding hydrogens is 176 g/mol. The SMILES string of the molecule is CNCc1cn(CCC(C)(C)C)nn1. The zero-order chi connectivity index (χ0) is 10.6. The number of nitrogens with zero attached hydrogens (tertiary/aromatic N) is 3. The molecule has 1 N–H and O–H groups in total. The van der Waals surface area contributed by atoms with Crippen molar-refractivity contribution < 1.29 is 0 Å². The van der Waals surface area contributed by atoms with E-state index in [0.717, 1.165) is 25.2 Å². The first-order chi connectivity index (χ1) is 6.51. The second-order valence-corrected chi connectivity index (χ2v) is 4.81. The van der Waals surface area contributed by atoms with Crippen LogP contribution in [0.4, 0.5) is 0 Å². The molecule has 1 aromatic rings. The monoisotopic (exact) mass is 196 g/mol. The van der Waals surface area contributed by atoms with E-state index < -0.39 is 0 Å². The lowest BCUT2D eigenvalue weighted by molar-refractivity contribution is 0.339. The summed E-state index contributed by atoms with van der Waals surface area (Å²) in [7, 11) is 1.91. The zero-order valence-corrected chi connectivity index (χ0v) is 9.54. The van der Waals surface area contributed by atoms with Gasteiger partial charge >= 0.3 is 0 Å². The molecule has 0 aromatic carbocycles. The van der Waals surface area contributed by atoms with Gasteiger partial charge < -0.3 is 5.32 Å². The van der Waals surface area contributed by atoms with Crippen LogP contribution < -0.4 is 5.32 Å². The fourth-order valence-electron chi connectivity index (χ4n) is 1.16. The summed E-state index contributed by atoms with van der Waals surface area (Å²) in [5.41, 5.74) is 1.36. The van der Waals surface area contributed by atoms with Gasteiger partial charge in [-0.3, -0.25) is 4.68 Å². The van der Waals surface area contributed by atoms with E-state index in [9.17, 15) is 0 Å². The first-order valence-corrected chi connectivity index (χ1v) is 5.05. The molecule has 0 aliphatic rings. The van der Waals surface area contributed by atoms with Crippen LogP contribution in [-0.4, -0.2) is 22.0 Å². The summed E-state index contributed by atoms with van der Waals surface area (Å²) < 4.78 is 1.91. The lowest BCUT2D eigenvalue weighted by Gasteiger charge is -2.17. The van der Waals surface area contributed by atoms with Crippen LogP contribution in [0.25, 0.3) is 0 Å². The van der Waals surface area contributed by atoms with Gasteiger partial charge in [-0.2, -0.15) is 0 Å². The Kier molecular flexibility index (Phi) is 3.63. The van der Waals surface area contributed by atoms with E-state index >= 15 is 0 Å². The highest BCUT2D eigenvalue weighted by molar-refractivity contribution is 4.91. The maximum atomic E-state index is 4.06. The van der Waals surface area contributed by atoms with Crippen molar-refractivity contribution in [1.82, 2.24) is 20.3 Å². The zero-order valence-electron chi connectivity index (χ0n) is 9.54. The molecule has 0 saturated heterocycles. The lowest BCUT2D eigenvalue weighted by atomic mass is 9.92. The van der Waals surface area contributed by atoms with Crippen LogP contribution in [-0.2, 0) is 13.1 Å². The molecule has 80 valence electrons. The molecule has 0 radical (unpaired) electrons. The molecule has 1 heterocycles. The number of hydrogen-bond donors (Lipinski definition) is 1. The highest BCUT2D eigenvalue weighted by atomic mass is 15.4. The summed E-state index contributed by atoms with van der Waals surface area (Å²) in [4.78, 5) is 0. The van der Waals surface area contributed by atoms with Gasteiger partial charge in [0, 0.05) is 19.3 Å². The fourth-order valence-corrected chi connectivity index (χ4v) is 1.16. The predicted octanol–water partition coefficient (Wildman–Crippen LogP) is 1.43. The maximum absolute atomic E-state index is 4.06. The molecule has 0 aliphatic carbocycles. The topological polar surface area (TPSA) is 42.7 Å². The van der Waals surface area contributed by atoms with Crippen molar-refractivity contribution in [1.29, 1.82) is 0 Å². The third kappa shape index (κ3) is 3.87. The minimum Gasteiger partial charge on any atom is -0.314 e. The normalized spacial score (nSPS) is 12.0. The molecule has 0 spiro atoms. The molecule has 1 rings (SSSR count). The van der Waals surface area contributed by atoms with E-state index in [0.29, 0.717) is 5.41 Å². The van der Waals surface area contributed by atoms with E-state index in [1.807, 2.05) is 17.9 Å². The Bertz CT molecular complexity index is 272. The van der Waals surface area contributed by atoms with Crippen LogP contribution in [0, 0.1) is 5.41 Å². The van der Waals surface area contributed by atoms with Crippen molar-refractivity contribution in [2.75, 3.05) is 7.05 Å². The predicted molar refractivity (Wildman–Crippen MR) is 56.9 cm³/mol. The van der Waals surface area contributed by atoms with Gasteiger partial charge in [0.15, 0.2) is 0 Å². The third-order valence-electron chi connectivity index (χ3n) is 2.03. The molecule has 4 heteroatoms. The first kappa shape index (κ1) is 11.2. The Labute approximate surface area is 85.7 Å². The molecule has 14 heavy (non-hydrogen) atoms. The van der Waals surface area contributed by atoms with Crippen LogP contribution >= 0.6 is 0 Å². The Hall–Kier alpha value is -0.900. The molecule has 0 bridgehead atoms. The van der Waals surface area contributed by atoms with Crippen molar-refractivity contribution in [2.24, 2.45) is 5.41 Å². The van der Waals surface area contributed by atoms with Crippen LogP contribution in [0.15, 0.2) is 6.20 Å². The van der Waals surface area contributed by atoms with Gasteiger partial charge in [-0.1, -0.05) is 26.0 Å². The average molecular weight is 196 g/mol. The van der Waals surface area contributed by atoms with E-state index in [-0.39, 0.29) is 0 Å². The highest BCUT2D eigenvalue weighted by Gasteiger charge is 2.10. The van der Waals surface area contributed by atoms with Crippen LogP contribution in [0.1, 0.15) is 32.9 Å². The largest absolute Gasteiger partial charge is 0.314 e. The minimum atomic E-state index is 0.356. The lowest BCUT2D eigenvalue weighted by Crippen LogP contribution is -2.10. The summed E-state index contributed by atoms with van der Waals surface area (Å²) in [6, 6.07) is 0. The second kappa shape index (κ2) is 4.55. The number of aromatic nitrogens is 3. The van der Waals surface area contributed by atoms with Crippen molar-refractivity contribution in [3.05, 3.63) is 11.9 Å². The summed E-state index contributed by atoms with van der Waals surface area (Å²) in [6.45, 7) is 8.44. The molecule has 1 aromatic heterocycles. The quantitative estimate of drug-likeness (QED) is 0.792. The van der Waals surface area contributed by atoms with Crippen LogP contribution in [0.2, 0.25) is 0 Å². The van der Waals surface area contributed by atoms with E-state index in [1.165, 1.54) is 0 Å². The minimum absolute atomic E-state index is 0.356. The fraction of sp³-hybridized carbons (Fsp3) is 0.800. The Morgan fingerprint density at radius 2 is 2.14 bits per heavy atom. The molecule has 0 aliphatic heterocycles. The standard InChI is InChI=1S/C10H20N4/c1-10(2,3)5-6-14-8-9(7-11-4)12-13-14/h8,11H,5-7H2,1-4H3. The maximum Gasteiger partial charge on any atom is 0.0964 e. The van der Waals surface area contributed by atoms with Gasteiger partial charge in [0.25, 0.3) is 0 Å². The third-order valence-corrected chi connectivity index (χ3v) is 2.03. The molecule has 0 fully saturated rings. The highest BCUT2D eigenvalue weighted by Crippen LogP contribution is 2.18. The Morgan fingerprint density at radius 3 is 2.71 bits per heavy atom. The van der Waals surface area contributed by atoms with Gasteiger partial charge in [0.2, 0.25) is 0 Å². The van der Waals surface area contributed by atoms with Crippen molar-refractivity contribution in [3.63, 3.8) is 0 Å². The van der Waals surface area contributed by atoms with Crippen LogP contribution in [0.5, 0.6) is 0 Å². The molecule has 0 saturated carbocycles. The Morgan fingerprint density at radius 1 is 1.43 bits per heavy atom. The molecular formula is C10H20N4. The van der Waals surface area contributed by atoms with E-state index in [2.05, 4.69) is 36.4 Å². The van der Waals surface area contributed by atoms with Gasteiger partial charge in [-0.15, -0.1) is 5.10 Å². The van der Waals surface area contributed by atoms with Crippen molar-refractivity contribution in [2.45, 2.75) is 40.3 Å². The van der Waals surface area contributed by atoms with E-state index in [1.54, 1.807) is 0 Å². The second-order valence-electron chi connectivity index (χ2n) is 4.81. The molecule has 4 nitrogen and oxygen atoms in total. The van der Waals surface area contributed by atoms with Crippen molar-refractivity contribution in [3.8, 4) is 0 Å². The van der Waals surface area contributed by atoms with Gasteiger partial charge in [-0.05, 0) is 18.9 Å². The summed E-state index contributed by atoms with van der Waals surface area (Å²) in [5, 5.41) is 11.2. The number of hydrogen-bond acceptors (Lipinski definition) is 3. The smallest absolute Gasteiger partial charge is 0.0964 e. The van der Waals surface area contributed by atoms with E-state index in [4.69, 9.17) is 0 Å². The number of aryl methyl sites for hydroxylation is 1. The van der Waals surface area contributed by atoms with Gasteiger partial charge in [0.05, 0.1) is 5.69 Å². The summed E-state index contributed by atoms with van der Waals surface area (Å²) >= 11 is 0. The van der Waals surface area contributed by atoms with Gasteiger partial charge in [0.1, 0.15) is 0 Å². The number of rotatable bonds is 4. The molecule has 0 atom stereocenters. The first-order valence-electron chi connectivity index (χ1n) is 5.05.